The Morgan fingerprint density at radius 2 is 1.79 bits per heavy atom. The van der Waals surface area contributed by atoms with E-state index in [9.17, 15) is 14.4 Å². The first-order chi connectivity index (χ1) is 16.2. The molecule has 3 aromatic rings. The summed E-state index contributed by atoms with van der Waals surface area (Å²) in [5.41, 5.74) is 4.10. The second kappa shape index (κ2) is 10.9. The molecule has 7 nitrogen and oxygen atoms in total. The van der Waals surface area contributed by atoms with Gasteiger partial charge in [0.15, 0.2) is 11.9 Å². The van der Waals surface area contributed by atoms with Crippen LogP contribution in [0.1, 0.15) is 46.7 Å². The minimum absolute atomic E-state index is 0.177. The number of aromatic nitrogens is 2. The van der Waals surface area contributed by atoms with Gasteiger partial charge < -0.3 is 10.1 Å². The van der Waals surface area contributed by atoms with Gasteiger partial charge in [0.05, 0.1) is 17.9 Å². The number of anilines is 1. The number of carbonyl (C=O) groups is 3. The zero-order valence-electron chi connectivity index (χ0n) is 19.5. The Kier molecular flexibility index (Phi) is 8.02. The van der Waals surface area contributed by atoms with Gasteiger partial charge in [0.2, 0.25) is 0 Å². The number of aryl methyl sites for hydroxylation is 1. The molecule has 2 aromatic carbocycles. The van der Waals surface area contributed by atoms with Gasteiger partial charge in [-0.25, -0.2) is 4.79 Å². The summed E-state index contributed by atoms with van der Waals surface area (Å²) < 4.78 is 7.06. The third-order valence-corrected chi connectivity index (χ3v) is 5.70. The lowest BCUT2D eigenvalue weighted by Gasteiger charge is -2.14. The first-order valence-corrected chi connectivity index (χ1v) is 11.1. The largest absolute Gasteiger partial charge is 0.449 e. The van der Waals surface area contributed by atoms with Crippen molar-refractivity contribution in [1.29, 1.82) is 0 Å². The van der Waals surface area contributed by atoms with Crippen LogP contribution in [0.25, 0.3) is 6.08 Å². The molecule has 0 spiro atoms. The van der Waals surface area contributed by atoms with Crippen LogP contribution in [0.4, 0.5) is 5.69 Å². The summed E-state index contributed by atoms with van der Waals surface area (Å²) in [4.78, 5) is 36.5. The van der Waals surface area contributed by atoms with Gasteiger partial charge in [-0.3, -0.25) is 14.3 Å². The average Bonchev–Trinajstić information content (AvgIpc) is 3.06. The number of para-hydroxylation sites is 1. The molecule has 1 heterocycles. The second-order valence-corrected chi connectivity index (χ2v) is 8.24. The maximum Gasteiger partial charge on any atom is 0.331 e. The van der Waals surface area contributed by atoms with E-state index in [0.717, 1.165) is 22.5 Å². The van der Waals surface area contributed by atoms with Crippen LogP contribution in [-0.2, 0) is 20.9 Å². The minimum atomic E-state index is -1.05. The molecule has 0 aliphatic rings. The molecule has 0 saturated carbocycles. The topological polar surface area (TPSA) is 90.3 Å². The first kappa shape index (κ1) is 24.9. The maximum atomic E-state index is 12.5. The highest BCUT2D eigenvalue weighted by Crippen LogP contribution is 2.20. The normalized spacial score (nSPS) is 11.9. The lowest BCUT2D eigenvalue weighted by Crippen LogP contribution is -2.30. The minimum Gasteiger partial charge on any atom is -0.449 e. The Balaban J connectivity index is 1.65. The molecule has 0 aliphatic heterocycles. The molecule has 34 heavy (non-hydrogen) atoms. The number of ketones is 1. The van der Waals surface area contributed by atoms with Crippen LogP contribution in [0.15, 0.2) is 54.6 Å². The van der Waals surface area contributed by atoms with Crippen molar-refractivity contribution in [2.24, 2.45) is 0 Å². The molecule has 1 atom stereocenters. The van der Waals surface area contributed by atoms with Gasteiger partial charge in [-0.1, -0.05) is 41.9 Å². The predicted molar refractivity (Wildman–Crippen MR) is 132 cm³/mol. The van der Waals surface area contributed by atoms with Crippen molar-refractivity contribution in [3.05, 3.63) is 87.7 Å². The van der Waals surface area contributed by atoms with Gasteiger partial charge >= 0.3 is 5.97 Å². The Hall–Kier alpha value is -3.71. The van der Waals surface area contributed by atoms with E-state index in [4.69, 9.17) is 16.3 Å². The van der Waals surface area contributed by atoms with Crippen LogP contribution >= 0.6 is 11.6 Å². The molecule has 176 valence electrons. The van der Waals surface area contributed by atoms with E-state index >= 15 is 0 Å². The third-order valence-electron chi connectivity index (χ3n) is 5.33. The molecule has 0 bridgehead atoms. The molecule has 1 unspecified atom stereocenters. The molecule has 0 fully saturated rings. The maximum absolute atomic E-state index is 12.5. The fourth-order valence-corrected chi connectivity index (χ4v) is 3.64. The highest BCUT2D eigenvalue weighted by Gasteiger charge is 2.19. The van der Waals surface area contributed by atoms with E-state index < -0.39 is 18.0 Å². The average molecular weight is 480 g/mol. The highest BCUT2D eigenvalue weighted by atomic mass is 35.5. The van der Waals surface area contributed by atoms with Gasteiger partial charge in [0.1, 0.15) is 0 Å². The monoisotopic (exact) mass is 479 g/mol. The molecule has 0 radical (unpaired) electrons. The number of amides is 1. The Morgan fingerprint density at radius 3 is 2.50 bits per heavy atom. The molecule has 3 rings (SSSR count). The zero-order chi connectivity index (χ0) is 24.8. The van der Waals surface area contributed by atoms with Crippen molar-refractivity contribution in [3.63, 3.8) is 0 Å². The molecule has 0 aliphatic carbocycles. The summed E-state index contributed by atoms with van der Waals surface area (Å²) in [5.74, 6) is -1.38. The number of benzene rings is 2. The van der Waals surface area contributed by atoms with E-state index in [1.54, 1.807) is 30.3 Å². The van der Waals surface area contributed by atoms with E-state index in [-0.39, 0.29) is 5.78 Å². The SMILES string of the molecule is CC(=O)c1ccccc1NC(=O)C(C)OC(=O)/C=C/c1c(C)nn(Cc2ccccc2Cl)c1C. The van der Waals surface area contributed by atoms with Crippen molar-refractivity contribution in [1.82, 2.24) is 9.78 Å². The lowest BCUT2D eigenvalue weighted by molar-refractivity contribution is -0.148. The number of hydrogen-bond donors (Lipinski definition) is 1. The van der Waals surface area contributed by atoms with Crippen molar-refractivity contribution in [2.45, 2.75) is 40.3 Å². The fourth-order valence-electron chi connectivity index (χ4n) is 3.45. The summed E-state index contributed by atoms with van der Waals surface area (Å²) >= 11 is 6.26. The van der Waals surface area contributed by atoms with Crippen LogP contribution in [0.3, 0.4) is 0 Å². The molecule has 1 aromatic heterocycles. The van der Waals surface area contributed by atoms with E-state index in [1.165, 1.54) is 19.9 Å². The van der Waals surface area contributed by atoms with Gasteiger partial charge in [-0.15, -0.1) is 0 Å². The van der Waals surface area contributed by atoms with E-state index in [0.29, 0.717) is 22.8 Å². The Labute approximate surface area is 203 Å². The molecule has 1 N–H and O–H groups in total. The summed E-state index contributed by atoms with van der Waals surface area (Å²) in [5, 5.41) is 7.84. The first-order valence-electron chi connectivity index (χ1n) is 10.7. The van der Waals surface area contributed by atoms with Crippen LogP contribution in [-0.4, -0.2) is 33.5 Å². The van der Waals surface area contributed by atoms with Gasteiger partial charge in [0, 0.05) is 27.9 Å². The van der Waals surface area contributed by atoms with Crippen molar-refractivity contribution >= 4 is 41.0 Å². The molecule has 0 saturated heterocycles. The van der Waals surface area contributed by atoms with E-state index in [1.807, 2.05) is 42.8 Å². The molecular formula is C26H26ClN3O4. The van der Waals surface area contributed by atoms with E-state index in [2.05, 4.69) is 10.4 Å². The number of hydrogen-bond acceptors (Lipinski definition) is 5. The number of Topliss-reactive ketones (excluding diaryl/α,β-unsaturated/α-hetero) is 1. The summed E-state index contributed by atoms with van der Waals surface area (Å²) in [6.45, 7) is 7.15. The molecule has 8 heteroatoms. The van der Waals surface area contributed by atoms with Crippen molar-refractivity contribution < 1.29 is 19.1 Å². The van der Waals surface area contributed by atoms with Crippen molar-refractivity contribution in [2.75, 3.05) is 5.32 Å². The van der Waals surface area contributed by atoms with Crippen molar-refractivity contribution in [3.8, 4) is 0 Å². The predicted octanol–water partition coefficient (Wildman–Crippen LogP) is 4.99. The Morgan fingerprint density at radius 1 is 1.12 bits per heavy atom. The summed E-state index contributed by atoms with van der Waals surface area (Å²) in [7, 11) is 0. The number of ether oxygens (including phenoxy) is 1. The standard InChI is InChI=1S/C26H26ClN3O4/c1-16-21(17(2)30(29-16)15-20-9-5-7-11-23(20)27)13-14-25(32)34-19(4)26(33)28-24-12-8-6-10-22(24)18(3)31/h5-14,19H,15H2,1-4H3,(H,28,33)/b14-13+. The van der Waals surface area contributed by atoms with Crippen LogP contribution in [0.5, 0.6) is 0 Å². The number of esters is 1. The Bertz CT molecular complexity index is 1260. The smallest absolute Gasteiger partial charge is 0.331 e. The summed E-state index contributed by atoms with van der Waals surface area (Å²) in [6, 6.07) is 14.2. The third kappa shape index (κ3) is 5.99. The fraction of sp³-hybridized carbons (Fsp3) is 0.231. The van der Waals surface area contributed by atoms with Crippen LogP contribution < -0.4 is 5.32 Å². The zero-order valence-corrected chi connectivity index (χ0v) is 20.2. The number of nitrogens with zero attached hydrogens (tertiary/aromatic N) is 2. The quantitative estimate of drug-likeness (QED) is 0.279. The van der Waals surface area contributed by atoms with Gasteiger partial charge in [-0.2, -0.15) is 5.10 Å². The number of nitrogens with one attached hydrogen (secondary N) is 1. The van der Waals surface area contributed by atoms with Gasteiger partial charge in [0.25, 0.3) is 5.91 Å². The van der Waals surface area contributed by atoms with Crippen LogP contribution in [0, 0.1) is 13.8 Å². The number of carbonyl (C=O) groups excluding carboxylic acids is 3. The lowest BCUT2D eigenvalue weighted by atomic mass is 10.1. The number of halogens is 1. The van der Waals surface area contributed by atoms with Gasteiger partial charge in [-0.05, 0) is 57.5 Å². The molecular weight excluding hydrogens is 454 g/mol. The summed E-state index contributed by atoms with van der Waals surface area (Å²) in [6.07, 6.45) is 1.84. The highest BCUT2D eigenvalue weighted by molar-refractivity contribution is 6.31. The number of rotatable bonds is 8. The second-order valence-electron chi connectivity index (χ2n) is 7.84. The molecule has 1 amide bonds. The van der Waals surface area contributed by atoms with Crippen LogP contribution in [0.2, 0.25) is 5.02 Å².